The lowest BCUT2D eigenvalue weighted by Crippen LogP contribution is -2.30. The van der Waals surface area contributed by atoms with Gasteiger partial charge in [-0.05, 0) is 38.1 Å². The molecule has 20 heavy (non-hydrogen) atoms. The molecule has 0 fully saturated rings. The quantitative estimate of drug-likeness (QED) is 0.533. The summed E-state index contributed by atoms with van der Waals surface area (Å²) in [6.45, 7) is 10.3. The summed E-state index contributed by atoms with van der Waals surface area (Å²) in [5.74, 6) is 0. The standard InChI is InChI=1S/C14H24N2O2S2/c1-4-10-15-11-9-13-7-8-14(19-13)20(17,18)16(6-3)12-5-2/h5,7-8,15H,2,4,6,9-12H2,1,3H3. The number of thiophene rings is 1. The summed E-state index contributed by atoms with van der Waals surface area (Å²) >= 11 is 1.36. The smallest absolute Gasteiger partial charge is 0.252 e. The Morgan fingerprint density at radius 1 is 1.35 bits per heavy atom. The molecule has 1 N–H and O–H groups in total. The van der Waals surface area contributed by atoms with Crippen LogP contribution >= 0.6 is 11.3 Å². The molecule has 1 aromatic rings. The molecule has 0 aliphatic rings. The first-order valence-corrected chi connectivity index (χ1v) is 9.22. The summed E-state index contributed by atoms with van der Waals surface area (Å²) in [5.41, 5.74) is 0. The molecule has 114 valence electrons. The summed E-state index contributed by atoms with van der Waals surface area (Å²) in [4.78, 5) is 1.10. The lowest BCUT2D eigenvalue weighted by Gasteiger charge is -2.17. The van der Waals surface area contributed by atoms with Crippen molar-refractivity contribution >= 4 is 21.4 Å². The molecule has 0 aliphatic heterocycles. The van der Waals surface area contributed by atoms with Gasteiger partial charge in [0.05, 0.1) is 0 Å². The molecular weight excluding hydrogens is 292 g/mol. The van der Waals surface area contributed by atoms with E-state index < -0.39 is 10.0 Å². The maximum absolute atomic E-state index is 12.4. The number of nitrogens with one attached hydrogen (secondary N) is 1. The molecule has 0 saturated heterocycles. The van der Waals surface area contributed by atoms with Gasteiger partial charge in [-0.25, -0.2) is 8.42 Å². The summed E-state index contributed by atoms with van der Waals surface area (Å²) in [6, 6.07) is 3.62. The number of hydrogen-bond donors (Lipinski definition) is 1. The molecular formula is C14H24N2O2S2. The Balaban J connectivity index is 2.72. The average molecular weight is 316 g/mol. The second kappa shape index (κ2) is 8.56. The van der Waals surface area contributed by atoms with Crippen molar-refractivity contribution in [1.29, 1.82) is 0 Å². The van der Waals surface area contributed by atoms with Gasteiger partial charge in [-0.2, -0.15) is 4.31 Å². The third kappa shape index (κ3) is 4.70. The summed E-state index contributed by atoms with van der Waals surface area (Å²) in [6.07, 6.45) is 3.59. The molecule has 0 aliphatic carbocycles. The normalized spacial score (nSPS) is 11.9. The summed E-state index contributed by atoms with van der Waals surface area (Å²) < 4.78 is 26.7. The maximum Gasteiger partial charge on any atom is 0.252 e. The van der Waals surface area contributed by atoms with Gasteiger partial charge in [0.2, 0.25) is 0 Å². The highest BCUT2D eigenvalue weighted by Crippen LogP contribution is 2.25. The van der Waals surface area contributed by atoms with Crippen LogP contribution in [0.5, 0.6) is 0 Å². The Hall–Kier alpha value is -0.690. The fourth-order valence-corrected chi connectivity index (χ4v) is 4.74. The first-order chi connectivity index (χ1) is 9.56. The number of rotatable bonds is 10. The van der Waals surface area contributed by atoms with Crippen molar-refractivity contribution in [2.75, 3.05) is 26.2 Å². The first-order valence-electron chi connectivity index (χ1n) is 6.96. The summed E-state index contributed by atoms with van der Waals surface area (Å²) in [7, 11) is -3.37. The van der Waals surface area contributed by atoms with Gasteiger partial charge in [-0.3, -0.25) is 0 Å². The van der Waals surface area contributed by atoms with E-state index in [0.29, 0.717) is 17.3 Å². The van der Waals surface area contributed by atoms with Gasteiger partial charge in [0.15, 0.2) is 0 Å². The van der Waals surface area contributed by atoms with Crippen LogP contribution < -0.4 is 5.32 Å². The molecule has 0 saturated carbocycles. The zero-order valence-electron chi connectivity index (χ0n) is 12.3. The average Bonchev–Trinajstić information content (AvgIpc) is 2.90. The number of likely N-dealkylation sites (N-methyl/N-ethyl adjacent to an activating group) is 1. The molecule has 0 bridgehead atoms. The maximum atomic E-state index is 12.4. The van der Waals surface area contributed by atoms with Crippen LogP contribution in [0, 0.1) is 0 Å². The van der Waals surface area contributed by atoms with E-state index >= 15 is 0 Å². The zero-order chi connectivity index (χ0) is 15.0. The Morgan fingerprint density at radius 2 is 2.10 bits per heavy atom. The van der Waals surface area contributed by atoms with Crippen molar-refractivity contribution in [3.8, 4) is 0 Å². The van der Waals surface area contributed by atoms with Gasteiger partial charge in [0.1, 0.15) is 4.21 Å². The van der Waals surface area contributed by atoms with Gasteiger partial charge in [-0.15, -0.1) is 17.9 Å². The molecule has 0 radical (unpaired) electrons. The van der Waals surface area contributed by atoms with Crippen LogP contribution in [0.3, 0.4) is 0 Å². The monoisotopic (exact) mass is 316 g/mol. The minimum atomic E-state index is -3.37. The molecule has 1 rings (SSSR count). The Kier molecular flexibility index (Phi) is 7.43. The van der Waals surface area contributed by atoms with E-state index in [0.717, 1.165) is 30.8 Å². The lowest BCUT2D eigenvalue weighted by atomic mass is 10.3. The molecule has 0 spiro atoms. The van der Waals surface area contributed by atoms with E-state index in [1.807, 2.05) is 13.0 Å². The second-order valence-corrected chi connectivity index (χ2v) is 7.80. The zero-order valence-corrected chi connectivity index (χ0v) is 13.9. The predicted octanol–water partition coefficient (Wildman–Crippen LogP) is 2.49. The van der Waals surface area contributed by atoms with E-state index in [2.05, 4.69) is 18.8 Å². The van der Waals surface area contributed by atoms with Gasteiger partial charge in [0, 0.05) is 18.0 Å². The van der Waals surface area contributed by atoms with Crippen molar-refractivity contribution in [3.05, 3.63) is 29.7 Å². The molecule has 1 aromatic heterocycles. The van der Waals surface area contributed by atoms with Crippen LogP contribution in [0.1, 0.15) is 25.1 Å². The van der Waals surface area contributed by atoms with E-state index in [1.165, 1.54) is 15.6 Å². The highest BCUT2D eigenvalue weighted by molar-refractivity contribution is 7.91. The number of hydrogen-bond acceptors (Lipinski definition) is 4. The highest BCUT2D eigenvalue weighted by Gasteiger charge is 2.23. The fraction of sp³-hybridized carbons (Fsp3) is 0.571. The molecule has 0 amide bonds. The van der Waals surface area contributed by atoms with Gasteiger partial charge in [0.25, 0.3) is 10.0 Å². The topological polar surface area (TPSA) is 49.4 Å². The predicted molar refractivity (Wildman–Crippen MR) is 85.8 cm³/mol. The van der Waals surface area contributed by atoms with Crippen LogP contribution in [0.2, 0.25) is 0 Å². The van der Waals surface area contributed by atoms with Crippen LogP contribution in [0.15, 0.2) is 29.0 Å². The molecule has 0 atom stereocenters. The third-order valence-electron chi connectivity index (χ3n) is 2.89. The number of nitrogens with zero attached hydrogens (tertiary/aromatic N) is 1. The fourth-order valence-electron chi connectivity index (χ4n) is 1.81. The molecule has 0 unspecified atom stereocenters. The minimum absolute atomic E-state index is 0.351. The van der Waals surface area contributed by atoms with Crippen LogP contribution in [-0.4, -0.2) is 38.9 Å². The second-order valence-electron chi connectivity index (χ2n) is 4.47. The minimum Gasteiger partial charge on any atom is -0.316 e. The van der Waals surface area contributed by atoms with Crippen molar-refractivity contribution < 1.29 is 8.42 Å². The van der Waals surface area contributed by atoms with Crippen molar-refractivity contribution in [2.24, 2.45) is 0 Å². The molecule has 0 aromatic carbocycles. The van der Waals surface area contributed by atoms with Crippen molar-refractivity contribution in [1.82, 2.24) is 9.62 Å². The molecule has 1 heterocycles. The van der Waals surface area contributed by atoms with Crippen LogP contribution in [-0.2, 0) is 16.4 Å². The van der Waals surface area contributed by atoms with Gasteiger partial charge < -0.3 is 5.32 Å². The highest BCUT2D eigenvalue weighted by atomic mass is 32.2. The van der Waals surface area contributed by atoms with Crippen LogP contribution in [0.25, 0.3) is 0 Å². The Labute approximate surface area is 126 Å². The van der Waals surface area contributed by atoms with Crippen molar-refractivity contribution in [3.63, 3.8) is 0 Å². The molecule has 4 nitrogen and oxygen atoms in total. The van der Waals surface area contributed by atoms with Crippen LogP contribution in [0.4, 0.5) is 0 Å². The van der Waals surface area contributed by atoms with E-state index in [9.17, 15) is 8.42 Å². The molecule has 6 heteroatoms. The summed E-state index contributed by atoms with van der Waals surface area (Å²) in [5, 5.41) is 3.32. The van der Waals surface area contributed by atoms with E-state index in [1.54, 1.807) is 12.1 Å². The van der Waals surface area contributed by atoms with Crippen molar-refractivity contribution in [2.45, 2.75) is 30.9 Å². The van der Waals surface area contributed by atoms with E-state index in [4.69, 9.17) is 0 Å². The van der Waals surface area contributed by atoms with E-state index in [-0.39, 0.29) is 0 Å². The largest absolute Gasteiger partial charge is 0.316 e. The number of sulfonamides is 1. The Morgan fingerprint density at radius 3 is 2.70 bits per heavy atom. The Bertz CT molecular complexity index is 509. The van der Waals surface area contributed by atoms with Gasteiger partial charge >= 0.3 is 0 Å². The lowest BCUT2D eigenvalue weighted by molar-refractivity contribution is 0.461. The third-order valence-corrected chi connectivity index (χ3v) is 6.44. The SMILES string of the molecule is C=CCN(CC)S(=O)(=O)c1ccc(CCNCCC)s1. The first kappa shape index (κ1) is 17.4. The van der Waals surface area contributed by atoms with Gasteiger partial charge in [-0.1, -0.05) is 19.9 Å².